The van der Waals surface area contributed by atoms with E-state index in [-0.39, 0.29) is 18.3 Å². The molecule has 1 saturated carbocycles. The summed E-state index contributed by atoms with van der Waals surface area (Å²) in [4.78, 5) is 11.5. The highest BCUT2D eigenvalue weighted by Crippen LogP contribution is 2.27. The Kier molecular flexibility index (Phi) is 8.28. The predicted octanol–water partition coefficient (Wildman–Crippen LogP) is 2.73. The van der Waals surface area contributed by atoms with Gasteiger partial charge in [0.1, 0.15) is 12.4 Å². The standard InChI is InChI=1S/C17H26N2O2.ClH/c1-13(2)15-5-7-16(8-6-15)21-10-9-19-17(20)12-18-11-14-3-4-14;/h5-8,13-14,18H,3-4,9-12H2,1-2H3,(H,19,20);1H. The molecule has 1 fully saturated rings. The van der Waals surface area contributed by atoms with Crippen LogP contribution in [0.15, 0.2) is 24.3 Å². The minimum absolute atomic E-state index is 0. The molecule has 1 amide bonds. The van der Waals surface area contributed by atoms with Gasteiger partial charge in [0.15, 0.2) is 0 Å². The third-order valence-electron chi connectivity index (χ3n) is 3.66. The molecule has 2 N–H and O–H groups in total. The second-order valence-corrected chi connectivity index (χ2v) is 6.00. The summed E-state index contributed by atoms with van der Waals surface area (Å²) in [5.74, 6) is 2.21. The molecule has 4 nitrogen and oxygen atoms in total. The zero-order chi connectivity index (χ0) is 15.1. The van der Waals surface area contributed by atoms with Crippen LogP contribution in [-0.2, 0) is 4.79 Å². The molecule has 1 aliphatic rings. The lowest BCUT2D eigenvalue weighted by Gasteiger charge is -2.10. The molecule has 0 bridgehead atoms. The van der Waals surface area contributed by atoms with Crippen LogP contribution in [0.5, 0.6) is 5.75 Å². The largest absolute Gasteiger partial charge is 0.492 e. The average molecular weight is 327 g/mol. The van der Waals surface area contributed by atoms with Gasteiger partial charge >= 0.3 is 0 Å². The van der Waals surface area contributed by atoms with Gasteiger partial charge in [0.25, 0.3) is 0 Å². The lowest BCUT2D eigenvalue weighted by Crippen LogP contribution is -2.36. The molecule has 1 aromatic carbocycles. The SMILES string of the molecule is CC(C)c1ccc(OCCNC(=O)CNCC2CC2)cc1.Cl. The normalized spacial score (nSPS) is 13.6. The van der Waals surface area contributed by atoms with Crippen molar-refractivity contribution in [3.05, 3.63) is 29.8 Å². The van der Waals surface area contributed by atoms with E-state index in [4.69, 9.17) is 4.74 Å². The zero-order valence-corrected chi connectivity index (χ0v) is 14.2. The van der Waals surface area contributed by atoms with Gasteiger partial charge in [0.05, 0.1) is 13.1 Å². The molecule has 0 aliphatic heterocycles. The van der Waals surface area contributed by atoms with Gasteiger partial charge in [-0.05, 0) is 48.9 Å². The van der Waals surface area contributed by atoms with E-state index < -0.39 is 0 Å². The molecule has 0 aromatic heterocycles. The molecule has 22 heavy (non-hydrogen) atoms. The van der Waals surface area contributed by atoms with Crippen LogP contribution in [0.1, 0.15) is 38.2 Å². The number of hydrogen-bond acceptors (Lipinski definition) is 3. The molecule has 0 radical (unpaired) electrons. The number of rotatable bonds is 9. The molecule has 0 unspecified atom stereocenters. The van der Waals surface area contributed by atoms with Gasteiger partial charge in [-0.1, -0.05) is 26.0 Å². The van der Waals surface area contributed by atoms with Crippen molar-refractivity contribution in [1.29, 1.82) is 0 Å². The molecule has 0 atom stereocenters. The summed E-state index contributed by atoms with van der Waals surface area (Å²) in [6.07, 6.45) is 2.61. The number of halogens is 1. The maximum absolute atomic E-state index is 11.5. The molecular weight excluding hydrogens is 300 g/mol. The van der Waals surface area contributed by atoms with Gasteiger partial charge in [-0.15, -0.1) is 12.4 Å². The molecule has 5 heteroatoms. The first-order chi connectivity index (χ1) is 10.1. The second-order valence-electron chi connectivity index (χ2n) is 6.00. The van der Waals surface area contributed by atoms with Crippen LogP contribution in [0, 0.1) is 5.92 Å². The summed E-state index contributed by atoms with van der Waals surface area (Å²) in [5, 5.41) is 6.02. The second kappa shape index (κ2) is 9.70. The van der Waals surface area contributed by atoms with Gasteiger partial charge in [-0.3, -0.25) is 4.79 Å². The Morgan fingerprint density at radius 1 is 1.27 bits per heavy atom. The molecular formula is C17H27ClN2O2. The molecule has 2 rings (SSSR count). The maximum Gasteiger partial charge on any atom is 0.234 e. The molecule has 1 aliphatic carbocycles. The van der Waals surface area contributed by atoms with Crippen molar-refractivity contribution in [2.45, 2.75) is 32.6 Å². The smallest absolute Gasteiger partial charge is 0.234 e. The van der Waals surface area contributed by atoms with Crippen molar-refractivity contribution in [2.24, 2.45) is 5.92 Å². The van der Waals surface area contributed by atoms with E-state index in [1.807, 2.05) is 12.1 Å². The first kappa shape index (κ1) is 18.8. The van der Waals surface area contributed by atoms with Crippen molar-refractivity contribution in [1.82, 2.24) is 10.6 Å². The fraction of sp³-hybridized carbons (Fsp3) is 0.588. The highest BCUT2D eigenvalue weighted by Gasteiger charge is 2.20. The van der Waals surface area contributed by atoms with Crippen molar-refractivity contribution < 1.29 is 9.53 Å². The van der Waals surface area contributed by atoms with E-state index in [0.717, 1.165) is 18.2 Å². The molecule has 1 aromatic rings. The molecule has 124 valence electrons. The average Bonchev–Trinajstić information content (AvgIpc) is 3.28. The Morgan fingerprint density at radius 2 is 1.95 bits per heavy atom. The minimum atomic E-state index is 0. The number of carbonyl (C=O) groups excluding carboxylic acids is 1. The first-order valence-corrected chi connectivity index (χ1v) is 7.85. The number of hydrogen-bond donors (Lipinski definition) is 2. The van der Waals surface area contributed by atoms with Gasteiger partial charge < -0.3 is 15.4 Å². The highest BCUT2D eigenvalue weighted by molar-refractivity contribution is 5.85. The van der Waals surface area contributed by atoms with Gasteiger partial charge in [-0.25, -0.2) is 0 Å². The Morgan fingerprint density at radius 3 is 2.55 bits per heavy atom. The van der Waals surface area contributed by atoms with Crippen molar-refractivity contribution in [3.8, 4) is 5.75 Å². The summed E-state index contributed by atoms with van der Waals surface area (Å²) in [6, 6.07) is 8.13. The van der Waals surface area contributed by atoms with Crippen LogP contribution in [0.3, 0.4) is 0 Å². The molecule has 0 heterocycles. The molecule has 0 spiro atoms. The number of benzene rings is 1. The van der Waals surface area contributed by atoms with E-state index in [9.17, 15) is 4.79 Å². The number of carbonyl (C=O) groups is 1. The summed E-state index contributed by atoms with van der Waals surface area (Å²) >= 11 is 0. The quantitative estimate of drug-likeness (QED) is 0.686. The predicted molar refractivity (Wildman–Crippen MR) is 91.9 cm³/mol. The van der Waals surface area contributed by atoms with Crippen LogP contribution in [0.25, 0.3) is 0 Å². The fourth-order valence-corrected chi connectivity index (χ4v) is 2.08. The third-order valence-corrected chi connectivity index (χ3v) is 3.66. The van der Waals surface area contributed by atoms with E-state index in [2.05, 4.69) is 36.6 Å². The fourth-order valence-electron chi connectivity index (χ4n) is 2.08. The monoisotopic (exact) mass is 326 g/mol. The van der Waals surface area contributed by atoms with Crippen molar-refractivity contribution in [2.75, 3.05) is 26.2 Å². The Bertz CT molecular complexity index is 444. The van der Waals surface area contributed by atoms with Crippen molar-refractivity contribution in [3.63, 3.8) is 0 Å². The van der Waals surface area contributed by atoms with Gasteiger partial charge in [-0.2, -0.15) is 0 Å². The van der Waals surface area contributed by atoms with Crippen LogP contribution < -0.4 is 15.4 Å². The third kappa shape index (κ3) is 7.14. The number of amides is 1. The summed E-state index contributed by atoms with van der Waals surface area (Å²) in [5.41, 5.74) is 1.30. The Labute approximate surface area is 139 Å². The molecule has 0 saturated heterocycles. The van der Waals surface area contributed by atoms with Crippen LogP contribution in [0.4, 0.5) is 0 Å². The van der Waals surface area contributed by atoms with Crippen LogP contribution in [-0.4, -0.2) is 32.1 Å². The zero-order valence-electron chi connectivity index (χ0n) is 13.4. The first-order valence-electron chi connectivity index (χ1n) is 7.85. The maximum atomic E-state index is 11.5. The van der Waals surface area contributed by atoms with Crippen molar-refractivity contribution >= 4 is 18.3 Å². The minimum Gasteiger partial charge on any atom is -0.492 e. The van der Waals surface area contributed by atoms with Crippen LogP contribution >= 0.6 is 12.4 Å². The van der Waals surface area contributed by atoms with E-state index in [0.29, 0.717) is 25.6 Å². The lowest BCUT2D eigenvalue weighted by molar-refractivity contribution is -0.120. The number of nitrogens with one attached hydrogen (secondary N) is 2. The van der Waals surface area contributed by atoms with E-state index in [1.165, 1.54) is 18.4 Å². The Hall–Kier alpha value is -1.26. The van der Waals surface area contributed by atoms with E-state index >= 15 is 0 Å². The topological polar surface area (TPSA) is 50.4 Å². The highest BCUT2D eigenvalue weighted by atomic mass is 35.5. The van der Waals surface area contributed by atoms with Crippen LogP contribution in [0.2, 0.25) is 0 Å². The summed E-state index contributed by atoms with van der Waals surface area (Å²) < 4.78 is 5.61. The number of ether oxygens (including phenoxy) is 1. The van der Waals surface area contributed by atoms with E-state index in [1.54, 1.807) is 0 Å². The Balaban J connectivity index is 0.00000242. The van der Waals surface area contributed by atoms with Gasteiger partial charge in [0, 0.05) is 0 Å². The lowest BCUT2D eigenvalue weighted by atomic mass is 10.0. The summed E-state index contributed by atoms with van der Waals surface area (Å²) in [6.45, 7) is 6.74. The van der Waals surface area contributed by atoms with Gasteiger partial charge in [0.2, 0.25) is 5.91 Å². The summed E-state index contributed by atoms with van der Waals surface area (Å²) in [7, 11) is 0.